The number of nitro groups is 1. The quantitative estimate of drug-likeness (QED) is 0.273. The number of amides is 1. The largest absolute Gasteiger partial charge is 0.496 e. The van der Waals surface area contributed by atoms with Gasteiger partial charge in [0, 0.05) is 23.6 Å². The first-order valence-electron chi connectivity index (χ1n) is 8.87. The molecule has 0 fully saturated rings. The second-order valence-corrected chi connectivity index (χ2v) is 7.44. The minimum Gasteiger partial charge on any atom is -0.496 e. The predicted octanol–water partition coefficient (Wildman–Crippen LogP) is 2.99. The number of benzene rings is 2. The molecule has 0 saturated heterocycles. The maximum absolute atomic E-state index is 12.1. The van der Waals surface area contributed by atoms with Crippen LogP contribution >= 0.6 is 11.8 Å². The van der Waals surface area contributed by atoms with Crippen molar-refractivity contribution in [2.75, 3.05) is 20.3 Å². The first-order valence-corrected chi connectivity index (χ1v) is 9.75. The monoisotopic (exact) mass is 418 g/mol. The molecule has 2 aromatic rings. The van der Waals surface area contributed by atoms with Crippen molar-refractivity contribution in [3.63, 3.8) is 0 Å². The smallest absolute Gasteiger partial charge is 0.319 e. The van der Waals surface area contributed by atoms with E-state index in [1.54, 1.807) is 26.2 Å². The Hall–Kier alpha value is -3.07. The van der Waals surface area contributed by atoms with Gasteiger partial charge in [-0.3, -0.25) is 19.7 Å². The van der Waals surface area contributed by atoms with Gasteiger partial charge in [0.2, 0.25) is 0 Å². The number of ether oxygens (including phenoxy) is 2. The molecule has 154 valence electrons. The molecule has 9 heteroatoms. The zero-order valence-corrected chi connectivity index (χ0v) is 16.9. The average molecular weight is 418 g/mol. The highest BCUT2D eigenvalue weighted by atomic mass is 32.2. The number of hydrogen-bond acceptors (Lipinski definition) is 7. The van der Waals surface area contributed by atoms with Crippen molar-refractivity contribution in [1.29, 1.82) is 0 Å². The molecule has 0 heterocycles. The molecule has 2 rings (SSSR count). The van der Waals surface area contributed by atoms with Crippen LogP contribution in [0.4, 0.5) is 5.69 Å². The number of thioether (sulfide) groups is 1. The summed E-state index contributed by atoms with van der Waals surface area (Å²) in [4.78, 5) is 34.8. The van der Waals surface area contributed by atoms with Gasteiger partial charge in [-0.2, -0.15) is 0 Å². The van der Waals surface area contributed by atoms with Crippen LogP contribution < -0.4 is 10.1 Å². The summed E-state index contributed by atoms with van der Waals surface area (Å²) in [6, 6.07) is 13.4. The molecule has 1 amide bonds. The number of nitrogens with one attached hydrogen (secondary N) is 1. The number of rotatable bonds is 10. The van der Waals surface area contributed by atoms with Crippen LogP contribution in [0.5, 0.6) is 5.75 Å². The molecule has 0 bridgehead atoms. The Morgan fingerprint density at radius 1 is 1.17 bits per heavy atom. The molecule has 1 atom stereocenters. The van der Waals surface area contributed by atoms with Gasteiger partial charge in [-0.15, -0.1) is 11.8 Å². The molecule has 29 heavy (non-hydrogen) atoms. The van der Waals surface area contributed by atoms with Gasteiger partial charge in [-0.05, 0) is 37.1 Å². The molecule has 2 aromatic carbocycles. The van der Waals surface area contributed by atoms with E-state index in [4.69, 9.17) is 9.47 Å². The van der Waals surface area contributed by atoms with Crippen molar-refractivity contribution in [2.24, 2.45) is 0 Å². The third-order valence-corrected chi connectivity index (χ3v) is 5.04. The molecule has 0 saturated carbocycles. The highest BCUT2D eigenvalue weighted by molar-refractivity contribution is 8.00. The number of hydrogen-bond donors (Lipinski definition) is 1. The van der Waals surface area contributed by atoms with Crippen LogP contribution in [0.2, 0.25) is 0 Å². The van der Waals surface area contributed by atoms with Crippen molar-refractivity contribution in [3.05, 3.63) is 64.2 Å². The molecule has 0 aliphatic rings. The molecular weight excluding hydrogens is 396 g/mol. The van der Waals surface area contributed by atoms with Crippen molar-refractivity contribution in [2.45, 2.75) is 23.5 Å². The Balaban J connectivity index is 1.71. The zero-order chi connectivity index (χ0) is 21.2. The Bertz CT molecular complexity index is 856. The number of carbonyl (C=O) groups excluding carboxylic acids is 2. The lowest BCUT2D eigenvalue weighted by molar-refractivity contribution is -0.384. The molecule has 0 spiro atoms. The van der Waals surface area contributed by atoms with Gasteiger partial charge in [0.15, 0.2) is 6.61 Å². The van der Waals surface area contributed by atoms with E-state index < -0.39 is 16.1 Å². The van der Waals surface area contributed by atoms with Crippen LogP contribution in [0.25, 0.3) is 0 Å². The van der Waals surface area contributed by atoms with E-state index in [0.717, 1.165) is 11.3 Å². The molecule has 8 nitrogen and oxygen atoms in total. The number of esters is 1. The fourth-order valence-electron chi connectivity index (χ4n) is 2.45. The van der Waals surface area contributed by atoms with Crippen LogP contribution in [0.3, 0.4) is 0 Å². The van der Waals surface area contributed by atoms with Gasteiger partial charge in [0.25, 0.3) is 11.6 Å². The van der Waals surface area contributed by atoms with Crippen molar-refractivity contribution < 1.29 is 24.0 Å². The van der Waals surface area contributed by atoms with E-state index in [2.05, 4.69) is 5.32 Å². The van der Waals surface area contributed by atoms with Crippen LogP contribution in [-0.2, 0) is 20.7 Å². The molecule has 0 aliphatic heterocycles. The number of methoxy groups -OCH3 is 1. The standard InChI is InChI=1S/C20H22N2O6S/c1-14(29-17-9-7-16(8-10-17)22(25)26)20(24)28-13-19(23)21-12-11-15-5-3-4-6-18(15)27-2/h3-10,14H,11-13H2,1-2H3,(H,21,23)/t14-/m1/s1. The molecule has 0 aliphatic carbocycles. The second-order valence-electron chi connectivity index (χ2n) is 6.03. The highest BCUT2D eigenvalue weighted by Gasteiger charge is 2.18. The van der Waals surface area contributed by atoms with Gasteiger partial charge in [-0.1, -0.05) is 18.2 Å². The van der Waals surface area contributed by atoms with E-state index in [1.807, 2.05) is 24.3 Å². The second kappa shape index (κ2) is 11.1. The van der Waals surface area contributed by atoms with Gasteiger partial charge >= 0.3 is 5.97 Å². The summed E-state index contributed by atoms with van der Waals surface area (Å²) in [5.41, 5.74) is 0.954. The van der Waals surface area contributed by atoms with E-state index in [1.165, 1.54) is 23.9 Å². The summed E-state index contributed by atoms with van der Waals surface area (Å²) in [7, 11) is 1.59. The summed E-state index contributed by atoms with van der Waals surface area (Å²) in [6.45, 7) is 1.67. The predicted molar refractivity (Wildman–Crippen MR) is 109 cm³/mol. The van der Waals surface area contributed by atoms with Crippen LogP contribution in [0.15, 0.2) is 53.4 Å². The molecule has 0 radical (unpaired) electrons. The van der Waals surface area contributed by atoms with E-state index in [0.29, 0.717) is 17.9 Å². The summed E-state index contributed by atoms with van der Waals surface area (Å²) in [6.07, 6.45) is 0.593. The van der Waals surface area contributed by atoms with Gasteiger partial charge < -0.3 is 14.8 Å². The van der Waals surface area contributed by atoms with Crippen LogP contribution in [0.1, 0.15) is 12.5 Å². The number of nitro benzene ring substituents is 1. The fourth-order valence-corrected chi connectivity index (χ4v) is 3.32. The molecular formula is C20H22N2O6S. The Morgan fingerprint density at radius 2 is 1.86 bits per heavy atom. The lowest BCUT2D eigenvalue weighted by atomic mass is 10.1. The maximum Gasteiger partial charge on any atom is 0.319 e. The lowest BCUT2D eigenvalue weighted by Gasteiger charge is -2.12. The minimum absolute atomic E-state index is 0.0191. The minimum atomic E-state index is -0.558. The third-order valence-electron chi connectivity index (χ3n) is 3.95. The summed E-state index contributed by atoms with van der Waals surface area (Å²) in [5, 5.41) is 12.8. The number of para-hydroxylation sites is 1. The van der Waals surface area contributed by atoms with E-state index >= 15 is 0 Å². The summed E-state index contributed by atoms with van der Waals surface area (Å²) < 4.78 is 10.3. The molecule has 0 unspecified atom stereocenters. The van der Waals surface area contributed by atoms with Crippen molar-refractivity contribution in [3.8, 4) is 5.75 Å². The summed E-state index contributed by atoms with van der Waals surface area (Å²) >= 11 is 1.20. The third kappa shape index (κ3) is 7.11. The fraction of sp³-hybridized carbons (Fsp3) is 0.300. The summed E-state index contributed by atoms with van der Waals surface area (Å²) in [5.74, 6) is -0.167. The molecule has 1 N–H and O–H groups in total. The first kappa shape index (κ1) is 22.2. The zero-order valence-electron chi connectivity index (χ0n) is 16.1. The Labute approximate surface area is 172 Å². The first-order chi connectivity index (χ1) is 13.9. The van der Waals surface area contributed by atoms with Crippen molar-refractivity contribution >= 4 is 29.3 Å². The lowest BCUT2D eigenvalue weighted by Crippen LogP contribution is -2.31. The van der Waals surface area contributed by atoms with Crippen LogP contribution in [-0.4, -0.2) is 42.3 Å². The van der Waals surface area contributed by atoms with E-state index in [-0.39, 0.29) is 18.2 Å². The normalized spacial score (nSPS) is 11.4. The Kier molecular flexibility index (Phi) is 8.47. The van der Waals surface area contributed by atoms with E-state index in [9.17, 15) is 19.7 Å². The van der Waals surface area contributed by atoms with Crippen molar-refractivity contribution in [1.82, 2.24) is 5.32 Å². The number of carbonyl (C=O) groups is 2. The average Bonchev–Trinajstić information content (AvgIpc) is 2.72. The maximum atomic E-state index is 12.1. The number of nitrogens with zero attached hydrogens (tertiary/aromatic N) is 1. The van der Waals surface area contributed by atoms with Gasteiger partial charge in [0.1, 0.15) is 11.0 Å². The highest BCUT2D eigenvalue weighted by Crippen LogP contribution is 2.26. The number of non-ortho nitro benzene ring substituents is 1. The van der Waals surface area contributed by atoms with Gasteiger partial charge in [-0.25, -0.2) is 0 Å². The topological polar surface area (TPSA) is 108 Å². The molecule has 0 aromatic heterocycles. The van der Waals surface area contributed by atoms with Crippen LogP contribution in [0, 0.1) is 10.1 Å². The Morgan fingerprint density at radius 3 is 2.52 bits per heavy atom. The SMILES string of the molecule is COc1ccccc1CCNC(=O)COC(=O)[C@@H](C)Sc1ccc([N+](=O)[O-])cc1. The van der Waals surface area contributed by atoms with Gasteiger partial charge in [0.05, 0.1) is 12.0 Å².